The Morgan fingerprint density at radius 2 is 1.96 bits per heavy atom. The second kappa shape index (κ2) is 7.42. The van der Waals surface area contributed by atoms with Crippen molar-refractivity contribution in [3.63, 3.8) is 0 Å². The molecule has 0 spiro atoms. The lowest BCUT2D eigenvalue weighted by Gasteiger charge is -2.17. The van der Waals surface area contributed by atoms with Gasteiger partial charge in [-0.2, -0.15) is 0 Å². The summed E-state index contributed by atoms with van der Waals surface area (Å²) in [4.78, 5) is 30.9. The normalized spacial score (nSPS) is 16.7. The number of imidazole rings is 1. The van der Waals surface area contributed by atoms with Crippen molar-refractivity contribution in [2.75, 3.05) is 13.7 Å². The molecule has 28 heavy (non-hydrogen) atoms. The van der Waals surface area contributed by atoms with E-state index in [9.17, 15) is 14.0 Å². The molecular formula is C21H20FN3O3. The van der Waals surface area contributed by atoms with Crippen LogP contribution in [0, 0.1) is 5.82 Å². The molecule has 4 rings (SSSR count). The van der Waals surface area contributed by atoms with E-state index < -0.39 is 0 Å². The second-order valence-corrected chi connectivity index (χ2v) is 6.92. The van der Waals surface area contributed by atoms with Crippen molar-refractivity contribution in [1.29, 1.82) is 0 Å². The molecule has 0 saturated carbocycles. The summed E-state index contributed by atoms with van der Waals surface area (Å²) in [6, 6.07) is 13.7. The fourth-order valence-corrected chi connectivity index (χ4v) is 3.67. The van der Waals surface area contributed by atoms with Gasteiger partial charge in [-0.3, -0.25) is 9.59 Å². The predicted octanol–water partition coefficient (Wildman–Crippen LogP) is 2.86. The van der Waals surface area contributed by atoms with Gasteiger partial charge >= 0.3 is 5.97 Å². The zero-order valence-corrected chi connectivity index (χ0v) is 15.5. The molecule has 1 amide bonds. The van der Waals surface area contributed by atoms with Crippen LogP contribution in [0.4, 0.5) is 4.39 Å². The maximum Gasteiger partial charge on any atom is 0.325 e. The van der Waals surface area contributed by atoms with Crippen molar-refractivity contribution in [3.05, 3.63) is 65.7 Å². The van der Waals surface area contributed by atoms with Crippen molar-refractivity contribution in [1.82, 2.24) is 14.5 Å². The first-order chi connectivity index (χ1) is 13.5. The summed E-state index contributed by atoms with van der Waals surface area (Å²) < 4.78 is 19.8. The number of methoxy groups -OCH3 is 1. The average Bonchev–Trinajstić information content (AvgIpc) is 3.24. The van der Waals surface area contributed by atoms with Crippen LogP contribution in [0.3, 0.4) is 0 Å². The molecule has 1 aliphatic rings. The van der Waals surface area contributed by atoms with Crippen molar-refractivity contribution in [2.45, 2.75) is 25.4 Å². The highest BCUT2D eigenvalue weighted by Gasteiger charge is 2.34. The Kier molecular flexibility index (Phi) is 4.81. The summed E-state index contributed by atoms with van der Waals surface area (Å²) in [6.07, 6.45) is 0.325. The molecular weight excluding hydrogens is 361 g/mol. The van der Waals surface area contributed by atoms with Crippen molar-refractivity contribution < 1.29 is 18.7 Å². The molecule has 1 aromatic heterocycles. The highest BCUT2D eigenvalue weighted by atomic mass is 19.1. The Labute approximate surface area is 161 Å². The summed E-state index contributed by atoms with van der Waals surface area (Å²) in [6.45, 7) is 0.975. The number of amides is 1. The monoisotopic (exact) mass is 381 g/mol. The molecule has 0 N–H and O–H groups in total. The quantitative estimate of drug-likeness (QED) is 0.638. The number of hydrogen-bond donors (Lipinski definition) is 0. The molecule has 0 bridgehead atoms. The lowest BCUT2D eigenvalue weighted by molar-refractivity contribution is -0.141. The van der Waals surface area contributed by atoms with Crippen molar-refractivity contribution in [2.24, 2.45) is 0 Å². The van der Waals surface area contributed by atoms with Gasteiger partial charge in [0.15, 0.2) is 0 Å². The first-order valence-electron chi connectivity index (χ1n) is 9.09. The summed E-state index contributed by atoms with van der Waals surface area (Å²) >= 11 is 0. The number of carbonyl (C=O) groups is 2. The van der Waals surface area contributed by atoms with Crippen LogP contribution in [0.2, 0.25) is 0 Å². The highest BCUT2D eigenvalue weighted by Crippen LogP contribution is 2.31. The van der Waals surface area contributed by atoms with Gasteiger partial charge in [-0.25, -0.2) is 9.37 Å². The molecule has 7 heteroatoms. The molecule has 0 radical (unpaired) electrons. The van der Waals surface area contributed by atoms with Gasteiger partial charge in [0.25, 0.3) is 0 Å². The summed E-state index contributed by atoms with van der Waals surface area (Å²) in [5, 5.41) is 0. The van der Waals surface area contributed by atoms with Crippen molar-refractivity contribution in [3.8, 4) is 0 Å². The predicted molar refractivity (Wildman–Crippen MR) is 101 cm³/mol. The van der Waals surface area contributed by atoms with E-state index in [0.29, 0.717) is 25.3 Å². The number of ether oxygens (including phenoxy) is 1. The lowest BCUT2D eigenvalue weighted by Crippen LogP contribution is -2.24. The summed E-state index contributed by atoms with van der Waals surface area (Å²) in [5.74, 6) is -0.0552. The largest absolute Gasteiger partial charge is 0.468 e. The molecule has 144 valence electrons. The Balaban J connectivity index is 1.61. The molecule has 2 heterocycles. The Bertz CT molecular complexity index is 1030. The van der Waals surface area contributed by atoms with Gasteiger partial charge in [-0.1, -0.05) is 24.3 Å². The van der Waals surface area contributed by atoms with Crippen LogP contribution < -0.4 is 0 Å². The van der Waals surface area contributed by atoms with Gasteiger partial charge in [0.2, 0.25) is 5.91 Å². The summed E-state index contributed by atoms with van der Waals surface area (Å²) in [7, 11) is 1.35. The smallest absolute Gasteiger partial charge is 0.325 e. The average molecular weight is 381 g/mol. The number of nitrogens with zero attached hydrogens (tertiary/aromatic N) is 3. The van der Waals surface area contributed by atoms with Gasteiger partial charge in [0.1, 0.15) is 18.2 Å². The third-order valence-electron chi connectivity index (χ3n) is 5.07. The number of para-hydroxylation sites is 2. The number of carbonyl (C=O) groups excluding carboxylic acids is 2. The third kappa shape index (κ3) is 3.47. The van der Waals surface area contributed by atoms with Crippen LogP contribution in [0.25, 0.3) is 11.0 Å². The molecule has 6 nitrogen and oxygen atoms in total. The molecule has 3 aromatic rings. The van der Waals surface area contributed by atoms with Crippen LogP contribution in [-0.4, -0.2) is 40.0 Å². The van der Waals surface area contributed by atoms with Crippen LogP contribution in [0.15, 0.2) is 48.5 Å². The number of rotatable bonds is 5. The maximum absolute atomic E-state index is 13.1. The van der Waals surface area contributed by atoms with Crippen LogP contribution in [0.1, 0.15) is 23.7 Å². The van der Waals surface area contributed by atoms with Gasteiger partial charge in [0, 0.05) is 25.4 Å². The van der Waals surface area contributed by atoms with E-state index in [0.717, 1.165) is 16.6 Å². The van der Waals surface area contributed by atoms with E-state index in [1.807, 2.05) is 28.8 Å². The minimum Gasteiger partial charge on any atom is -0.468 e. The lowest BCUT2D eigenvalue weighted by atomic mass is 10.1. The molecule has 1 fully saturated rings. The van der Waals surface area contributed by atoms with E-state index >= 15 is 0 Å². The van der Waals surface area contributed by atoms with Crippen LogP contribution in [-0.2, 0) is 27.4 Å². The van der Waals surface area contributed by atoms with E-state index in [4.69, 9.17) is 9.72 Å². The first-order valence-corrected chi connectivity index (χ1v) is 9.09. The van der Waals surface area contributed by atoms with E-state index in [2.05, 4.69) is 0 Å². The Morgan fingerprint density at radius 1 is 1.21 bits per heavy atom. The number of likely N-dealkylation sites (tertiary alicyclic amines) is 1. The molecule has 2 aromatic carbocycles. The number of fused-ring (bicyclic) bond motifs is 1. The molecule has 0 unspecified atom stereocenters. The van der Waals surface area contributed by atoms with Crippen LogP contribution >= 0.6 is 0 Å². The van der Waals surface area contributed by atoms with Gasteiger partial charge in [-0.05, 0) is 29.8 Å². The Hall–Kier alpha value is -3.22. The fourth-order valence-electron chi connectivity index (χ4n) is 3.67. The number of aromatic nitrogens is 2. The number of halogens is 1. The van der Waals surface area contributed by atoms with E-state index in [1.165, 1.54) is 19.2 Å². The second-order valence-electron chi connectivity index (χ2n) is 6.92. The first kappa shape index (κ1) is 18.2. The minimum absolute atomic E-state index is 0.0194. The zero-order valence-electron chi connectivity index (χ0n) is 15.5. The Morgan fingerprint density at radius 3 is 2.71 bits per heavy atom. The molecule has 0 aliphatic carbocycles. The van der Waals surface area contributed by atoms with E-state index in [1.54, 1.807) is 17.0 Å². The van der Waals surface area contributed by atoms with Gasteiger partial charge < -0.3 is 14.2 Å². The summed E-state index contributed by atoms with van der Waals surface area (Å²) in [5.41, 5.74) is 2.50. The third-order valence-corrected chi connectivity index (χ3v) is 5.07. The highest BCUT2D eigenvalue weighted by molar-refractivity contribution is 5.82. The topological polar surface area (TPSA) is 64.4 Å². The van der Waals surface area contributed by atoms with Crippen molar-refractivity contribution >= 4 is 22.9 Å². The minimum atomic E-state index is -0.364. The standard InChI is InChI=1S/C21H20FN3O3/c1-28-20(27)13-25-18-5-3-2-4-17(18)23-21(25)15-10-19(26)24(12-15)11-14-6-8-16(22)9-7-14/h2-9,15H,10-13H2,1H3/t15-/m0/s1. The number of benzene rings is 2. The zero-order chi connectivity index (χ0) is 19.7. The maximum atomic E-state index is 13.1. The van der Waals surface area contributed by atoms with Crippen LogP contribution in [0.5, 0.6) is 0 Å². The molecule has 1 aliphatic heterocycles. The molecule has 1 atom stereocenters. The number of hydrogen-bond acceptors (Lipinski definition) is 4. The molecule has 1 saturated heterocycles. The van der Waals surface area contributed by atoms with E-state index in [-0.39, 0.29) is 30.2 Å². The van der Waals surface area contributed by atoms with Gasteiger partial charge in [-0.15, -0.1) is 0 Å². The number of esters is 1. The SMILES string of the molecule is COC(=O)Cn1c([C@H]2CC(=O)N(Cc3ccc(F)cc3)C2)nc2ccccc21. The fraction of sp³-hybridized carbons (Fsp3) is 0.286. The van der Waals surface area contributed by atoms with Gasteiger partial charge in [0.05, 0.1) is 18.1 Å².